The first-order chi connectivity index (χ1) is 9.33. The Labute approximate surface area is 121 Å². The summed E-state index contributed by atoms with van der Waals surface area (Å²) in [5.41, 5.74) is 4.29. The SMILES string of the molecule is Brc1cc2c3c(c1)c(C1COCCN1)cn3CCC2. The molecule has 4 rings (SSSR count). The van der Waals surface area contributed by atoms with Crippen LogP contribution in [0.4, 0.5) is 0 Å². The van der Waals surface area contributed by atoms with Gasteiger partial charge in [0.25, 0.3) is 0 Å². The zero-order chi connectivity index (χ0) is 12.8. The van der Waals surface area contributed by atoms with Crippen LogP contribution < -0.4 is 5.32 Å². The third-order valence-electron chi connectivity index (χ3n) is 4.19. The molecule has 2 aromatic rings. The topological polar surface area (TPSA) is 26.2 Å². The quantitative estimate of drug-likeness (QED) is 0.874. The van der Waals surface area contributed by atoms with E-state index in [9.17, 15) is 0 Å². The number of hydrogen-bond donors (Lipinski definition) is 1. The zero-order valence-electron chi connectivity index (χ0n) is 10.8. The van der Waals surface area contributed by atoms with Gasteiger partial charge in [0, 0.05) is 29.1 Å². The fraction of sp³-hybridized carbons (Fsp3) is 0.467. The Morgan fingerprint density at radius 2 is 2.32 bits per heavy atom. The number of rotatable bonds is 1. The average molecular weight is 321 g/mol. The molecule has 1 aromatic heterocycles. The van der Waals surface area contributed by atoms with Crippen LogP contribution in [0.15, 0.2) is 22.8 Å². The molecule has 1 aromatic carbocycles. The van der Waals surface area contributed by atoms with Crippen LogP contribution in [0.25, 0.3) is 10.9 Å². The monoisotopic (exact) mass is 320 g/mol. The third-order valence-corrected chi connectivity index (χ3v) is 4.65. The van der Waals surface area contributed by atoms with Gasteiger partial charge < -0.3 is 14.6 Å². The Balaban J connectivity index is 1.92. The van der Waals surface area contributed by atoms with Gasteiger partial charge in [-0.3, -0.25) is 0 Å². The number of hydrogen-bond acceptors (Lipinski definition) is 2. The predicted molar refractivity (Wildman–Crippen MR) is 79.5 cm³/mol. The van der Waals surface area contributed by atoms with Crippen LogP contribution in [-0.4, -0.2) is 24.3 Å². The highest BCUT2D eigenvalue weighted by Gasteiger charge is 2.23. The van der Waals surface area contributed by atoms with Crippen molar-refractivity contribution < 1.29 is 4.74 Å². The van der Waals surface area contributed by atoms with Crippen LogP contribution in [0.3, 0.4) is 0 Å². The Bertz CT molecular complexity index is 629. The molecule has 3 nitrogen and oxygen atoms in total. The summed E-state index contributed by atoms with van der Waals surface area (Å²) in [6.45, 7) is 3.68. The molecule has 100 valence electrons. The summed E-state index contributed by atoms with van der Waals surface area (Å²) in [5.74, 6) is 0. The van der Waals surface area contributed by atoms with Gasteiger partial charge in [-0.1, -0.05) is 15.9 Å². The maximum absolute atomic E-state index is 5.62. The number of aromatic nitrogens is 1. The summed E-state index contributed by atoms with van der Waals surface area (Å²) < 4.78 is 9.23. The minimum Gasteiger partial charge on any atom is -0.378 e. The van der Waals surface area contributed by atoms with Crippen molar-refractivity contribution >= 4 is 26.8 Å². The van der Waals surface area contributed by atoms with E-state index in [1.165, 1.54) is 39.3 Å². The van der Waals surface area contributed by atoms with Crippen molar-refractivity contribution in [3.63, 3.8) is 0 Å². The second-order valence-electron chi connectivity index (χ2n) is 5.42. The fourth-order valence-electron chi connectivity index (χ4n) is 3.37. The number of nitrogens with one attached hydrogen (secondary N) is 1. The summed E-state index contributed by atoms with van der Waals surface area (Å²) in [4.78, 5) is 0. The largest absolute Gasteiger partial charge is 0.378 e. The lowest BCUT2D eigenvalue weighted by Crippen LogP contribution is -2.34. The maximum atomic E-state index is 5.62. The average Bonchev–Trinajstić information content (AvgIpc) is 2.80. The normalized spacial score (nSPS) is 22.9. The molecule has 1 saturated heterocycles. The molecular formula is C15H17BrN2O. The minimum atomic E-state index is 0.331. The standard InChI is InChI=1S/C15H17BrN2O/c16-11-6-10-2-1-4-18-8-13(12(7-11)15(10)18)14-9-19-5-3-17-14/h6-8,14,17H,1-5,9H2. The highest BCUT2D eigenvalue weighted by molar-refractivity contribution is 9.10. The first-order valence-corrected chi connectivity index (χ1v) is 7.74. The molecular weight excluding hydrogens is 304 g/mol. The molecule has 3 heterocycles. The Morgan fingerprint density at radius 3 is 3.16 bits per heavy atom. The molecule has 0 saturated carbocycles. The van der Waals surface area contributed by atoms with Crippen molar-refractivity contribution in [2.45, 2.75) is 25.4 Å². The number of benzene rings is 1. The lowest BCUT2D eigenvalue weighted by Gasteiger charge is -2.23. The van der Waals surface area contributed by atoms with Crippen LogP contribution >= 0.6 is 15.9 Å². The summed E-state index contributed by atoms with van der Waals surface area (Å²) in [6.07, 6.45) is 4.75. The van der Waals surface area contributed by atoms with Crippen molar-refractivity contribution in [1.82, 2.24) is 9.88 Å². The molecule has 2 aliphatic heterocycles. The van der Waals surface area contributed by atoms with Crippen molar-refractivity contribution in [2.75, 3.05) is 19.8 Å². The number of aryl methyl sites for hydroxylation is 2. The third kappa shape index (κ3) is 1.93. The van der Waals surface area contributed by atoms with E-state index in [0.717, 1.165) is 26.3 Å². The van der Waals surface area contributed by atoms with Crippen LogP contribution in [-0.2, 0) is 17.7 Å². The first-order valence-electron chi connectivity index (χ1n) is 6.95. The van der Waals surface area contributed by atoms with Gasteiger partial charge >= 0.3 is 0 Å². The summed E-state index contributed by atoms with van der Waals surface area (Å²) in [7, 11) is 0. The van der Waals surface area contributed by atoms with E-state index in [0.29, 0.717) is 6.04 Å². The number of nitrogens with zero attached hydrogens (tertiary/aromatic N) is 1. The second kappa shape index (κ2) is 4.62. The van der Waals surface area contributed by atoms with E-state index in [1.807, 2.05) is 0 Å². The van der Waals surface area contributed by atoms with Gasteiger partial charge in [-0.05, 0) is 36.1 Å². The molecule has 2 aliphatic rings. The summed E-state index contributed by atoms with van der Waals surface area (Å²) in [5, 5.41) is 4.95. The summed E-state index contributed by atoms with van der Waals surface area (Å²) >= 11 is 3.65. The molecule has 0 bridgehead atoms. The molecule has 1 fully saturated rings. The van der Waals surface area contributed by atoms with E-state index in [4.69, 9.17) is 4.74 Å². The van der Waals surface area contributed by atoms with Gasteiger partial charge in [0.05, 0.1) is 24.8 Å². The Kier molecular flexibility index (Phi) is 2.90. The number of halogens is 1. The first kappa shape index (κ1) is 11.9. The molecule has 19 heavy (non-hydrogen) atoms. The van der Waals surface area contributed by atoms with Gasteiger partial charge in [0.15, 0.2) is 0 Å². The van der Waals surface area contributed by atoms with E-state index >= 15 is 0 Å². The molecule has 4 heteroatoms. The van der Waals surface area contributed by atoms with Gasteiger partial charge in [-0.15, -0.1) is 0 Å². The van der Waals surface area contributed by atoms with E-state index in [2.05, 4.69) is 44.1 Å². The highest BCUT2D eigenvalue weighted by atomic mass is 79.9. The predicted octanol–water partition coefficient (Wildman–Crippen LogP) is 3.01. The van der Waals surface area contributed by atoms with E-state index in [1.54, 1.807) is 0 Å². The van der Waals surface area contributed by atoms with Crippen LogP contribution in [0.2, 0.25) is 0 Å². The van der Waals surface area contributed by atoms with Crippen molar-refractivity contribution in [2.24, 2.45) is 0 Å². The van der Waals surface area contributed by atoms with Gasteiger partial charge in [0.1, 0.15) is 0 Å². The van der Waals surface area contributed by atoms with E-state index in [-0.39, 0.29) is 0 Å². The molecule has 1 N–H and O–H groups in total. The van der Waals surface area contributed by atoms with Crippen molar-refractivity contribution in [3.05, 3.63) is 33.9 Å². The van der Waals surface area contributed by atoms with Gasteiger partial charge in [0.2, 0.25) is 0 Å². The van der Waals surface area contributed by atoms with Gasteiger partial charge in [-0.2, -0.15) is 0 Å². The summed E-state index contributed by atoms with van der Waals surface area (Å²) in [6, 6.07) is 4.86. The second-order valence-corrected chi connectivity index (χ2v) is 6.34. The van der Waals surface area contributed by atoms with E-state index < -0.39 is 0 Å². The Morgan fingerprint density at radius 1 is 1.37 bits per heavy atom. The minimum absolute atomic E-state index is 0.331. The molecule has 1 unspecified atom stereocenters. The maximum Gasteiger partial charge on any atom is 0.0662 e. The molecule has 1 atom stereocenters. The smallest absolute Gasteiger partial charge is 0.0662 e. The number of morpholine rings is 1. The molecule has 0 radical (unpaired) electrons. The number of ether oxygens (including phenoxy) is 1. The molecule has 0 aliphatic carbocycles. The van der Waals surface area contributed by atoms with Crippen molar-refractivity contribution in [3.8, 4) is 0 Å². The lowest BCUT2D eigenvalue weighted by atomic mass is 10.0. The van der Waals surface area contributed by atoms with Crippen LogP contribution in [0.1, 0.15) is 23.6 Å². The van der Waals surface area contributed by atoms with Gasteiger partial charge in [-0.25, -0.2) is 0 Å². The fourth-order valence-corrected chi connectivity index (χ4v) is 3.87. The molecule has 0 spiro atoms. The molecule has 0 amide bonds. The van der Waals surface area contributed by atoms with Crippen LogP contribution in [0, 0.1) is 0 Å². The Hall–Kier alpha value is -0.840. The van der Waals surface area contributed by atoms with Crippen LogP contribution in [0.5, 0.6) is 0 Å². The lowest BCUT2D eigenvalue weighted by molar-refractivity contribution is 0.0772. The van der Waals surface area contributed by atoms with Crippen molar-refractivity contribution in [1.29, 1.82) is 0 Å². The zero-order valence-corrected chi connectivity index (χ0v) is 12.4. The highest BCUT2D eigenvalue weighted by Crippen LogP contribution is 2.35.